The third kappa shape index (κ3) is 7.52. The second kappa shape index (κ2) is 9.21. The number of hydrogen-bond acceptors (Lipinski definition) is 6. The highest BCUT2D eigenvalue weighted by atomic mass is 35.5. The van der Waals surface area contributed by atoms with Crippen molar-refractivity contribution >= 4 is 46.7 Å². The quantitative estimate of drug-likeness (QED) is 0.696. The molecule has 0 aromatic heterocycles. The van der Waals surface area contributed by atoms with Crippen LogP contribution in [0.4, 0.5) is 24.5 Å². The Morgan fingerprint density at radius 3 is 1.59 bits per heavy atom. The van der Waals surface area contributed by atoms with E-state index in [1.54, 1.807) is 0 Å². The maximum absolute atomic E-state index is 13.1. The molecule has 0 atom stereocenters. The summed E-state index contributed by atoms with van der Waals surface area (Å²) in [5.74, 6) is -3.41. The molecule has 0 aliphatic heterocycles. The molecule has 2 N–H and O–H groups in total. The summed E-state index contributed by atoms with van der Waals surface area (Å²) in [5.41, 5.74) is -2.14. The number of carbonyl (C=O) groups is 4. The molecule has 12 heteroatoms. The monoisotopic (exact) mass is 410 g/mol. The van der Waals surface area contributed by atoms with E-state index in [2.05, 4.69) is 20.1 Å². The number of nitrogens with one attached hydrogen (secondary N) is 2. The predicted octanol–water partition coefficient (Wildman–Crippen LogP) is 2.36. The van der Waals surface area contributed by atoms with Gasteiger partial charge in [-0.25, -0.2) is 0 Å². The van der Waals surface area contributed by atoms with E-state index >= 15 is 0 Å². The first-order valence-electron chi connectivity index (χ1n) is 7.17. The molecular formula is C15H14ClF3N2O6. The van der Waals surface area contributed by atoms with E-state index in [1.165, 1.54) is 0 Å². The fraction of sp³-hybridized carbons (Fsp3) is 0.333. The van der Waals surface area contributed by atoms with Gasteiger partial charge in [0.25, 0.3) is 11.8 Å². The lowest BCUT2D eigenvalue weighted by Crippen LogP contribution is -2.22. The maximum atomic E-state index is 13.1. The van der Waals surface area contributed by atoms with Crippen LogP contribution >= 0.6 is 11.6 Å². The minimum absolute atomic E-state index is 0.407. The topological polar surface area (TPSA) is 111 Å². The van der Waals surface area contributed by atoms with Crippen molar-refractivity contribution in [2.75, 3.05) is 23.8 Å². The number of carbonyl (C=O) groups excluding carboxylic acids is 4. The Labute approximate surface area is 155 Å². The van der Waals surface area contributed by atoms with Gasteiger partial charge in [-0.1, -0.05) is 11.6 Å². The molecule has 2 amide bonds. The molecule has 8 nitrogen and oxygen atoms in total. The average Bonchev–Trinajstić information content (AvgIpc) is 2.53. The number of amides is 2. The number of halogens is 4. The number of benzene rings is 1. The highest BCUT2D eigenvalue weighted by molar-refractivity contribution is 6.37. The zero-order valence-electron chi connectivity index (χ0n) is 14.0. The largest absolute Gasteiger partial charge is 0.456 e. The molecule has 1 rings (SSSR count). The summed E-state index contributed by atoms with van der Waals surface area (Å²) < 4.78 is 48.0. The number of anilines is 2. The van der Waals surface area contributed by atoms with E-state index in [1.807, 2.05) is 0 Å². The Hall–Kier alpha value is -2.82. The lowest BCUT2D eigenvalue weighted by molar-refractivity contribution is -0.145. The normalized spacial score (nSPS) is 10.7. The average molecular weight is 411 g/mol. The van der Waals surface area contributed by atoms with Crippen LogP contribution in [0.3, 0.4) is 0 Å². The standard InChI is InChI=1S/C15H14ClF3N2O6/c1-7(22)26-5-12(24)20-10-3-9(15(17,18)19)4-11(14(10)16)21-13(25)6-27-8(2)23/h3-4H,5-6H2,1-2H3,(H,20,24)(H,21,25). The van der Waals surface area contributed by atoms with Crippen LogP contribution in [-0.2, 0) is 34.8 Å². The lowest BCUT2D eigenvalue weighted by Gasteiger charge is -2.16. The van der Waals surface area contributed by atoms with Gasteiger partial charge in [0.05, 0.1) is 22.0 Å². The zero-order valence-corrected chi connectivity index (χ0v) is 14.8. The van der Waals surface area contributed by atoms with Gasteiger partial charge < -0.3 is 20.1 Å². The van der Waals surface area contributed by atoms with Gasteiger partial charge in [0.15, 0.2) is 13.2 Å². The van der Waals surface area contributed by atoms with E-state index in [-0.39, 0.29) is 0 Å². The van der Waals surface area contributed by atoms with Gasteiger partial charge in [0.1, 0.15) is 0 Å². The molecule has 0 radical (unpaired) electrons. The summed E-state index contributed by atoms with van der Waals surface area (Å²) in [6.07, 6.45) is -4.81. The second-order valence-electron chi connectivity index (χ2n) is 5.04. The predicted molar refractivity (Wildman–Crippen MR) is 87.0 cm³/mol. The summed E-state index contributed by atoms with van der Waals surface area (Å²) in [6, 6.07) is 1.10. The summed E-state index contributed by atoms with van der Waals surface area (Å²) in [6.45, 7) is 0.606. The number of ether oxygens (including phenoxy) is 2. The number of alkyl halides is 3. The van der Waals surface area contributed by atoms with Crippen molar-refractivity contribution in [3.05, 3.63) is 22.7 Å². The first-order chi connectivity index (χ1) is 12.4. The van der Waals surface area contributed by atoms with Crippen LogP contribution in [0.15, 0.2) is 12.1 Å². The zero-order chi connectivity index (χ0) is 20.8. The van der Waals surface area contributed by atoms with Gasteiger partial charge in [-0.05, 0) is 12.1 Å². The third-order valence-electron chi connectivity index (χ3n) is 2.76. The van der Waals surface area contributed by atoms with E-state index in [4.69, 9.17) is 11.6 Å². The van der Waals surface area contributed by atoms with Gasteiger partial charge in [0, 0.05) is 13.8 Å². The second-order valence-corrected chi connectivity index (χ2v) is 5.42. The van der Waals surface area contributed by atoms with Crippen molar-refractivity contribution in [3.8, 4) is 0 Å². The van der Waals surface area contributed by atoms with E-state index < -0.39 is 65.1 Å². The molecule has 148 valence electrons. The van der Waals surface area contributed by atoms with Crippen LogP contribution < -0.4 is 10.6 Å². The number of rotatable bonds is 6. The van der Waals surface area contributed by atoms with Crippen molar-refractivity contribution in [1.82, 2.24) is 0 Å². The van der Waals surface area contributed by atoms with Crippen molar-refractivity contribution < 1.29 is 41.8 Å². The molecular weight excluding hydrogens is 397 g/mol. The first-order valence-corrected chi connectivity index (χ1v) is 7.55. The molecule has 1 aromatic rings. The molecule has 0 fully saturated rings. The minimum Gasteiger partial charge on any atom is -0.456 e. The Morgan fingerprint density at radius 2 is 1.30 bits per heavy atom. The van der Waals surface area contributed by atoms with Crippen molar-refractivity contribution in [1.29, 1.82) is 0 Å². The molecule has 0 aliphatic carbocycles. The maximum Gasteiger partial charge on any atom is 0.416 e. The Balaban J connectivity index is 3.11. The van der Waals surface area contributed by atoms with Crippen LogP contribution in [0.1, 0.15) is 19.4 Å². The summed E-state index contributed by atoms with van der Waals surface area (Å²) in [7, 11) is 0. The third-order valence-corrected chi connectivity index (χ3v) is 3.17. The van der Waals surface area contributed by atoms with Gasteiger partial charge in [0.2, 0.25) is 0 Å². The number of esters is 2. The summed E-state index contributed by atoms with van der Waals surface area (Å²) in [4.78, 5) is 44.7. The molecule has 0 saturated carbocycles. The van der Waals surface area contributed by atoms with Crippen molar-refractivity contribution in [2.24, 2.45) is 0 Å². The van der Waals surface area contributed by atoms with Gasteiger partial charge in [-0.2, -0.15) is 13.2 Å². The van der Waals surface area contributed by atoms with Crippen LogP contribution in [-0.4, -0.2) is 37.0 Å². The SMILES string of the molecule is CC(=O)OCC(=O)Nc1cc(C(F)(F)F)cc(NC(=O)COC(C)=O)c1Cl. The molecule has 1 aromatic carbocycles. The Bertz CT molecular complexity index is 713. The Morgan fingerprint density at radius 1 is 0.926 bits per heavy atom. The summed E-state index contributed by atoms with van der Waals surface area (Å²) >= 11 is 5.93. The van der Waals surface area contributed by atoms with Gasteiger partial charge in [-0.3, -0.25) is 19.2 Å². The fourth-order valence-corrected chi connectivity index (χ4v) is 1.88. The molecule has 0 aliphatic rings. The highest BCUT2D eigenvalue weighted by Crippen LogP contribution is 2.38. The van der Waals surface area contributed by atoms with Crippen LogP contribution in [0.25, 0.3) is 0 Å². The van der Waals surface area contributed by atoms with Crippen LogP contribution in [0.2, 0.25) is 5.02 Å². The van der Waals surface area contributed by atoms with Crippen LogP contribution in [0.5, 0.6) is 0 Å². The van der Waals surface area contributed by atoms with E-state index in [9.17, 15) is 32.3 Å². The van der Waals surface area contributed by atoms with E-state index in [0.717, 1.165) is 13.8 Å². The minimum atomic E-state index is -4.81. The summed E-state index contributed by atoms with van der Waals surface area (Å²) in [5, 5.41) is 3.71. The first kappa shape index (κ1) is 22.2. The lowest BCUT2D eigenvalue weighted by atomic mass is 10.1. The van der Waals surface area contributed by atoms with E-state index in [0.29, 0.717) is 12.1 Å². The molecule has 0 bridgehead atoms. The number of hydrogen-bond donors (Lipinski definition) is 2. The molecule has 0 saturated heterocycles. The van der Waals surface area contributed by atoms with Crippen molar-refractivity contribution in [3.63, 3.8) is 0 Å². The molecule has 27 heavy (non-hydrogen) atoms. The van der Waals surface area contributed by atoms with Gasteiger partial charge in [-0.15, -0.1) is 0 Å². The molecule has 0 spiro atoms. The molecule has 0 heterocycles. The van der Waals surface area contributed by atoms with Crippen molar-refractivity contribution in [2.45, 2.75) is 20.0 Å². The van der Waals surface area contributed by atoms with Gasteiger partial charge >= 0.3 is 18.1 Å². The fourth-order valence-electron chi connectivity index (χ4n) is 1.68. The molecule has 0 unspecified atom stereocenters. The highest BCUT2D eigenvalue weighted by Gasteiger charge is 2.32. The smallest absolute Gasteiger partial charge is 0.416 e. The van der Waals surface area contributed by atoms with Crippen LogP contribution in [0, 0.1) is 0 Å². The Kier molecular flexibility index (Phi) is 7.58.